The van der Waals surface area contributed by atoms with Gasteiger partial charge < -0.3 is 19.2 Å². The molecule has 0 bridgehead atoms. The zero-order chi connectivity index (χ0) is 17.6. The van der Waals surface area contributed by atoms with Crippen LogP contribution in [0.25, 0.3) is 6.08 Å². The Kier molecular flexibility index (Phi) is 5.43. The minimum Gasteiger partial charge on any atom is -0.497 e. The number of nitrogens with one attached hydrogen (secondary N) is 1. The van der Waals surface area contributed by atoms with E-state index in [1.165, 1.54) is 12.5 Å². The van der Waals surface area contributed by atoms with Crippen LogP contribution in [-0.2, 0) is 4.79 Å². The van der Waals surface area contributed by atoms with Crippen LogP contribution < -0.4 is 14.8 Å². The minimum absolute atomic E-state index is 0.170. The van der Waals surface area contributed by atoms with Gasteiger partial charge in [0.25, 0.3) is 0 Å². The van der Waals surface area contributed by atoms with Gasteiger partial charge in [0.05, 0.1) is 13.7 Å². The number of ether oxygens (including phenoxy) is 2. The van der Waals surface area contributed by atoms with Crippen LogP contribution in [0.2, 0.25) is 0 Å². The molecule has 0 radical (unpaired) electrons. The van der Waals surface area contributed by atoms with E-state index in [0.717, 1.165) is 17.3 Å². The first-order valence-electron chi connectivity index (χ1n) is 8.48. The van der Waals surface area contributed by atoms with Crippen LogP contribution in [0.1, 0.15) is 30.8 Å². The van der Waals surface area contributed by atoms with Gasteiger partial charge in [-0.3, -0.25) is 4.79 Å². The van der Waals surface area contributed by atoms with Gasteiger partial charge >= 0.3 is 0 Å². The molecule has 2 atom stereocenters. The molecule has 0 saturated heterocycles. The van der Waals surface area contributed by atoms with Gasteiger partial charge in [0.2, 0.25) is 5.91 Å². The second-order valence-electron chi connectivity index (χ2n) is 6.21. The van der Waals surface area contributed by atoms with E-state index < -0.39 is 0 Å². The third kappa shape index (κ3) is 4.89. The normalized spacial score (nSPS) is 19.0. The van der Waals surface area contributed by atoms with Crippen molar-refractivity contribution in [3.05, 3.63) is 54.0 Å². The lowest BCUT2D eigenvalue weighted by atomic mass is 10.3. The molecule has 1 aliphatic rings. The third-order valence-corrected chi connectivity index (χ3v) is 4.25. The summed E-state index contributed by atoms with van der Waals surface area (Å²) >= 11 is 0. The smallest absolute Gasteiger partial charge is 0.244 e. The van der Waals surface area contributed by atoms with Crippen LogP contribution >= 0.6 is 0 Å². The molecule has 1 aromatic carbocycles. The molecule has 0 aliphatic heterocycles. The van der Waals surface area contributed by atoms with Crippen molar-refractivity contribution in [3.8, 4) is 11.5 Å². The van der Waals surface area contributed by atoms with Gasteiger partial charge in [-0.1, -0.05) is 6.92 Å². The molecule has 1 fully saturated rings. The standard InChI is InChI=1S/C20H23NO4/c1-14-13-18(14)19-9-7-17(25-19)8-10-20(22)21-11-12-24-16-5-3-15(23-2)4-6-16/h3-10,14,18H,11-13H2,1-2H3,(H,21,22)/b10-8+. The second kappa shape index (κ2) is 7.92. The maximum atomic E-state index is 11.8. The fourth-order valence-electron chi connectivity index (χ4n) is 2.61. The van der Waals surface area contributed by atoms with Crippen molar-refractivity contribution in [2.75, 3.05) is 20.3 Å². The summed E-state index contributed by atoms with van der Waals surface area (Å²) < 4.78 is 16.4. The summed E-state index contributed by atoms with van der Waals surface area (Å²) in [6.07, 6.45) is 4.36. The van der Waals surface area contributed by atoms with E-state index in [9.17, 15) is 4.79 Å². The van der Waals surface area contributed by atoms with Gasteiger partial charge in [-0.2, -0.15) is 0 Å². The molecular formula is C20H23NO4. The van der Waals surface area contributed by atoms with Gasteiger partial charge in [-0.25, -0.2) is 0 Å². The average Bonchev–Trinajstić information content (AvgIpc) is 3.18. The molecule has 1 aromatic heterocycles. The van der Waals surface area contributed by atoms with Crippen LogP contribution in [-0.4, -0.2) is 26.2 Å². The van der Waals surface area contributed by atoms with E-state index >= 15 is 0 Å². The van der Waals surface area contributed by atoms with E-state index in [1.807, 2.05) is 36.4 Å². The molecule has 0 spiro atoms. The van der Waals surface area contributed by atoms with E-state index in [0.29, 0.717) is 30.7 Å². The third-order valence-electron chi connectivity index (χ3n) is 4.25. The summed E-state index contributed by atoms with van der Waals surface area (Å²) in [7, 11) is 1.62. The number of methoxy groups -OCH3 is 1. The molecule has 3 rings (SSSR count). The fraction of sp³-hybridized carbons (Fsp3) is 0.350. The monoisotopic (exact) mass is 341 g/mol. The van der Waals surface area contributed by atoms with Crippen molar-refractivity contribution >= 4 is 12.0 Å². The first-order valence-corrected chi connectivity index (χ1v) is 8.48. The van der Waals surface area contributed by atoms with Crippen LogP contribution in [0.15, 0.2) is 46.9 Å². The summed E-state index contributed by atoms with van der Waals surface area (Å²) in [5, 5.41) is 2.78. The lowest BCUT2D eigenvalue weighted by molar-refractivity contribution is -0.116. The Balaban J connectivity index is 1.36. The maximum Gasteiger partial charge on any atom is 0.244 e. The Morgan fingerprint density at radius 1 is 1.24 bits per heavy atom. The van der Waals surface area contributed by atoms with Crippen LogP contribution in [0.4, 0.5) is 0 Å². The van der Waals surface area contributed by atoms with Crippen molar-refractivity contribution in [2.45, 2.75) is 19.3 Å². The zero-order valence-corrected chi connectivity index (χ0v) is 14.5. The summed E-state index contributed by atoms with van der Waals surface area (Å²) in [6.45, 7) is 3.04. The van der Waals surface area contributed by atoms with E-state index in [-0.39, 0.29) is 5.91 Å². The van der Waals surface area contributed by atoms with Crippen molar-refractivity contribution in [1.29, 1.82) is 0 Å². The first kappa shape index (κ1) is 17.1. The van der Waals surface area contributed by atoms with Crippen LogP contribution in [0, 0.1) is 5.92 Å². The number of benzene rings is 1. The van der Waals surface area contributed by atoms with Crippen molar-refractivity contribution < 1.29 is 18.7 Å². The van der Waals surface area contributed by atoms with Gasteiger partial charge in [0.1, 0.15) is 29.6 Å². The van der Waals surface area contributed by atoms with Crippen LogP contribution in [0.5, 0.6) is 11.5 Å². The first-order chi connectivity index (χ1) is 12.2. The summed E-state index contributed by atoms with van der Waals surface area (Å²) in [5.74, 6) is 4.32. The lowest BCUT2D eigenvalue weighted by Gasteiger charge is -2.07. The van der Waals surface area contributed by atoms with Crippen molar-refractivity contribution in [3.63, 3.8) is 0 Å². The number of carbonyl (C=O) groups is 1. The number of hydrogen-bond acceptors (Lipinski definition) is 4. The quantitative estimate of drug-likeness (QED) is 0.588. The van der Waals surface area contributed by atoms with E-state index in [1.54, 1.807) is 13.2 Å². The Morgan fingerprint density at radius 2 is 1.96 bits per heavy atom. The molecule has 1 N–H and O–H groups in total. The largest absolute Gasteiger partial charge is 0.497 e. The predicted molar refractivity (Wildman–Crippen MR) is 95.8 cm³/mol. The second-order valence-corrected chi connectivity index (χ2v) is 6.21. The van der Waals surface area contributed by atoms with Crippen molar-refractivity contribution in [2.24, 2.45) is 5.92 Å². The highest BCUT2D eigenvalue weighted by Crippen LogP contribution is 2.47. The Morgan fingerprint density at radius 3 is 2.64 bits per heavy atom. The predicted octanol–water partition coefficient (Wildman–Crippen LogP) is 3.62. The molecule has 25 heavy (non-hydrogen) atoms. The van der Waals surface area contributed by atoms with Crippen LogP contribution in [0.3, 0.4) is 0 Å². The van der Waals surface area contributed by atoms with Gasteiger partial charge in [-0.05, 0) is 54.8 Å². The average molecular weight is 341 g/mol. The molecule has 1 saturated carbocycles. The van der Waals surface area contributed by atoms with Gasteiger partial charge in [0, 0.05) is 12.0 Å². The highest BCUT2D eigenvalue weighted by molar-refractivity contribution is 5.91. The number of amides is 1. The van der Waals surface area contributed by atoms with Gasteiger partial charge in [-0.15, -0.1) is 0 Å². The molecule has 132 valence electrons. The lowest BCUT2D eigenvalue weighted by Crippen LogP contribution is -2.26. The zero-order valence-electron chi connectivity index (χ0n) is 14.5. The molecule has 1 aliphatic carbocycles. The molecule has 5 nitrogen and oxygen atoms in total. The topological polar surface area (TPSA) is 60.7 Å². The highest BCUT2D eigenvalue weighted by atomic mass is 16.5. The fourth-order valence-corrected chi connectivity index (χ4v) is 2.61. The Hall–Kier alpha value is -2.69. The van der Waals surface area contributed by atoms with Crippen molar-refractivity contribution in [1.82, 2.24) is 5.32 Å². The summed E-state index contributed by atoms with van der Waals surface area (Å²) in [5.41, 5.74) is 0. The summed E-state index contributed by atoms with van der Waals surface area (Å²) in [6, 6.07) is 11.2. The Bertz CT molecular complexity index is 732. The molecule has 2 unspecified atom stereocenters. The number of hydrogen-bond donors (Lipinski definition) is 1. The Labute approximate surface area is 147 Å². The van der Waals surface area contributed by atoms with E-state index in [2.05, 4.69) is 12.2 Å². The van der Waals surface area contributed by atoms with E-state index in [4.69, 9.17) is 13.9 Å². The number of furan rings is 1. The SMILES string of the molecule is COc1ccc(OCCNC(=O)/C=C/c2ccc(C3CC3C)o2)cc1. The molecule has 1 amide bonds. The minimum atomic E-state index is -0.170. The molecule has 1 heterocycles. The molecule has 2 aromatic rings. The molecule has 5 heteroatoms. The number of carbonyl (C=O) groups excluding carboxylic acids is 1. The number of rotatable bonds is 8. The maximum absolute atomic E-state index is 11.8. The highest BCUT2D eigenvalue weighted by Gasteiger charge is 2.36. The van der Waals surface area contributed by atoms with Gasteiger partial charge in [0.15, 0.2) is 0 Å². The molecular weight excluding hydrogens is 318 g/mol. The summed E-state index contributed by atoms with van der Waals surface area (Å²) in [4.78, 5) is 11.8.